The first-order valence-corrected chi connectivity index (χ1v) is 9.15. The zero-order valence-corrected chi connectivity index (χ0v) is 16.3. The molecule has 9 heteroatoms. The van der Waals surface area contributed by atoms with Crippen molar-refractivity contribution >= 4 is 17.2 Å². The number of fused-ring (bicyclic) bond motifs is 1. The van der Waals surface area contributed by atoms with Crippen LogP contribution < -0.4 is 11.1 Å². The molecule has 0 radical (unpaired) electrons. The predicted octanol–water partition coefficient (Wildman–Crippen LogP) is 4.25. The van der Waals surface area contributed by atoms with E-state index >= 15 is 0 Å². The largest absolute Gasteiger partial charge is 0.394 e. The van der Waals surface area contributed by atoms with E-state index in [9.17, 15) is 8.78 Å². The molecule has 0 saturated heterocycles. The molecule has 150 valence electrons. The predicted molar refractivity (Wildman–Crippen MR) is 108 cm³/mol. The summed E-state index contributed by atoms with van der Waals surface area (Å²) in [7, 11) is 0. The molecule has 0 bridgehead atoms. The van der Waals surface area contributed by atoms with Gasteiger partial charge in [-0.05, 0) is 31.2 Å². The van der Waals surface area contributed by atoms with Crippen LogP contribution >= 0.6 is 0 Å². The average Bonchev–Trinajstić information content (AvgIpc) is 3.14. The molecule has 0 spiro atoms. The van der Waals surface area contributed by atoms with E-state index in [0.717, 1.165) is 6.20 Å². The number of rotatable bonds is 4. The molecule has 0 saturated carbocycles. The van der Waals surface area contributed by atoms with Crippen LogP contribution in [0.25, 0.3) is 17.2 Å². The number of nitrogens with zero attached hydrogens (tertiary/aromatic N) is 5. The lowest BCUT2D eigenvalue weighted by atomic mass is 10.2. The molecule has 29 heavy (non-hydrogen) atoms. The molecule has 0 aliphatic heterocycles. The van der Waals surface area contributed by atoms with Crippen LogP contribution in [0.5, 0.6) is 0 Å². The summed E-state index contributed by atoms with van der Waals surface area (Å²) in [5, 5.41) is 3.14. The van der Waals surface area contributed by atoms with Gasteiger partial charge in [0, 0.05) is 6.20 Å². The van der Waals surface area contributed by atoms with E-state index in [-0.39, 0.29) is 6.04 Å². The molecular formula is C20H21F2N7. The quantitative estimate of drug-likeness (QED) is 0.535. The lowest BCUT2D eigenvalue weighted by molar-refractivity contribution is 0.617. The van der Waals surface area contributed by atoms with Gasteiger partial charge in [-0.15, -0.1) is 0 Å². The zero-order valence-electron chi connectivity index (χ0n) is 16.3. The number of nitrogens with two attached hydrogens (primary N) is 1. The van der Waals surface area contributed by atoms with Crippen molar-refractivity contribution in [3.05, 3.63) is 66.4 Å². The topological polar surface area (TPSA) is 94.0 Å². The van der Waals surface area contributed by atoms with E-state index in [4.69, 9.17) is 5.73 Å². The summed E-state index contributed by atoms with van der Waals surface area (Å²) in [6, 6.07) is 5.55. The van der Waals surface area contributed by atoms with Gasteiger partial charge in [-0.25, -0.2) is 23.7 Å². The second-order valence-electron chi connectivity index (χ2n) is 5.98. The normalized spacial score (nSPS) is 11.6. The Morgan fingerprint density at radius 2 is 1.72 bits per heavy atom. The number of anilines is 2. The average molecular weight is 397 g/mol. The maximum atomic E-state index is 13.6. The fourth-order valence-electron chi connectivity index (χ4n) is 2.67. The number of hydrogen-bond acceptors (Lipinski definition) is 6. The maximum Gasteiger partial charge on any atom is 0.180 e. The summed E-state index contributed by atoms with van der Waals surface area (Å²) in [5.74, 6) is -0.0739. The third-order valence-corrected chi connectivity index (χ3v) is 4.06. The summed E-state index contributed by atoms with van der Waals surface area (Å²) in [4.78, 5) is 16.9. The van der Waals surface area contributed by atoms with Gasteiger partial charge in [-0.3, -0.25) is 9.38 Å². The highest BCUT2D eigenvalue weighted by molar-refractivity contribution is 5.66. The van der Waals surface area contributed by atoms with Crippen LogP contribution in [0.2, 0.25) is 0 Å². The van der Waals surface area contributed by atoms with Gasteiger partial charge < -0.3 is 11.1 Å². The van der Waals surface area contributed by atoms with E-state index < -0.39 is 11.6 Å². The molecule has 3 N–H and O–H groups in total. The Bertz CT molecular complexity index is 1110. The van der Waals surface area contributed by atoms with Gasteiger partial charge in [0.05, 0.1) is 36.0 Å². The molecule has 0 fully saturated rings. The second-order valence-corrected chi connectivity index (χ2v) is 5.98. The van der Waals surface area contributed by atoms with Crippen molar-refractivity contribution in [2.24, 2.45) is 0 Å². The Morgan fingerprint density at radius 1 is 0.966 bits per heavy atom. The van der Waals surface area contributed by atoms with Crippen LogP contribution in [-0.2, 0) is 0 Å². The van der Waals surface area contributed by atoms with Gasteiger partial charge in [-0.1, -0.05) is 13.8 Å². The lowest BCUT2D eigenvalue weighted by Crippen LogP contribution is -2.12. The highest BCUT2D eigenvalue weighted by Gasteiger charge is 2.14. The van der Waals surface area contributed by atoms with Crippen LogP contribution in [0.3, 0.4) is 0 Å². The minimum absolute atomic E-state index is 0.268. The van der Waals surface area contributed by atoms with Crippen LogP contribution in [-0.4, -0.2) is 24.3 Å². The Kier molecular flexibility index (Phi) is 5.96. The van der Waals surface area contributed by atoms with E-state index in [0.29, 0.717) is 34.4 Å². The summed E-state index contributed by atoms with van der Waals surface area (Å²) in [6.45, 7) is 5.85. The van der Waals surface area contributed by atoms with Crippen molar-refractivity contribution < 1.29 is 8.78 Å². The van der Waals surface area contributed by atoms with Crippen molar-refractivity contribution in [2.75, 3.05) is 11.1 Å². The van der Waals surface area contributed by atoms with Crippen LogP contribution in [0.4, 0.5) is 20.3 Å². The van der Waals surface area contributed by atoms with E-state index in [1.54, 1.807) is 22.7 Å². The van der Waals surface area contributed by atoms with Gasteiger partial charge >= 0.3 is 0 Å². The fourth-order valence-corrected chi connectivity index (χ4v) is 2.67. The van der Waals surface area contributed by atoms with Crippen LogP contribution in [0.15, 0.2) is 49.1 Å². The number of hydrogen-bond donors (Lipinski definition) is 2. The molecule has 1 atom stereocenters. The Morgan fingerprint density at radius 3 is 2.45 bits per heavy atom. The van der Waals surface area contributed by atoms with Crippen molar-refractivity contribution in [3.8, 4) is 11.5 Å². The third-order valence-electron chi connectivity index (χ3n) is 4.06. The first-order valence-electron chi connectivity index (χ1n) is 9.15. The highest BCUT2D eigenvalue weighted by atomic mass is 19.1. The number of imidazole rings is 1. The van der Waals surface area contributed by atoms with Crippen molar-refractivity contribution in [2.45, 2.75) is 26.8 Å². The second kappa shape index (κ2) is 8.59. The SMILES string of the molecule is CC.CC(Nc1nc(-c2cnc3ccc(F)cn23)ncc1N)c1ccc(F)cn1. The van der Waals surface area contributed by atoms with E-state index in [2.05, 4.69) is 25.3 Å². The minimum Gasteiger partial charge on any atom is -0.394 e. The Hall–Kier alpha value is -3.62. The molecule has 1 unspecified atom stereocenters. The number of pyridine rings is 2. The molecule has 0 aliphatic carbocycles. The molecule has 4 aromatic rings. The lowest BCUT2D eigenvalue weighted by Gasteiger charge is -2.16. The first kappa shape index (κ1) is 20.1. The van der Waals surface area contributed by atoms with E-state index in [1.165, 1.54) is 24.5 Å². The number of nitrogens with one attached hydrogen (secondary N) is 1. The van der Waals surface area contributed by atoms with Crippen molar-refractivity contribution in [3.63, 3.8) is 0 Å². The zero-order chi connectivity index (χ0) is 21.0. The van der Waals surface area contributed by atoms with Gasteiger partial charge in [0.15, 0.2) is 11.6 Å². The molecule has 7 nitrogen and oxygen atoms in total. The monoisotopic (exact) mass is 397 g/mol. The first-order chi connectivity index (χ1) is 14.0. The summed E-state index contributed by atoms with van der Waals surface area (Å²) >= 11 is 0. The highest BCUT2D eigenvalue weighted by Crippen LogP contribution is 2.25. The summed E-state index contributed by atoms with van der Waals surface area (Å²) in [5.41, 5.74) is 8.05. The van der Waals surface area contributed by atoms with Gasteiger partial charge in [0.2, 0.25) is 0 Å². The van der Waals surface area contributed by atoms with Crippen molar-refractivity contribution in [1.29, 1.82) is 0 Å². The molecular weight excluding hydrogens is 376 g/mol. The van der Waals surface area contributed by atoms with Gasteiger partial charge in [0.25, 0.3) is 0 Å². The number of aromatic nitrogens is 5. The molecule has 0 amide bonds. The minimum atomic E-state index is -0.408. The number of halogens is 2. The molecule has 0 aromatic carbocycles. The molecule has 4 heterocycles. The fraction of sp³-hybridized carbons (Fsp3) is 0.200. The van der Waals surface area contributed by atoms with Crippen LogP contribution in [0.1, 0.15) is 32.5 Å². The van der Waals surface area contributed by atoms with E-state index in [1.807, 2.05) is 20.8 Å². The van der Waals surface area contributed by atoms with Gasteiger partial charge in [-0.2, -0.15) is 0 Å². The van der Waals surface area contributed by atoms with Crippen LogP contribution in [0, 0.1) is 11.6 Å². The third kappa shape index (κ3) is 4.29. The molecule has 4 aromatic heterocycles. The molecule has 4 rings (SSSR count). The summed E-state index contributed by atoms with van der Waals surface area (Å²) in [6.07, 6.45) is 5.49. The Labute approximate surface area is 166 Å². The van der Waals surface area contributed by atoms with Crippen molar-refractivity contribution in [1.82, 2.24) is 24.3 Å². The molecule has 0 aliphatic rings. The van der Waals surface area contributed by atoms with Gasteiger partial charge in [0.1, 0.15) is 23.0 Å². The number of nitrogen functional groups attached to an aromatic ring is 1. The Balaban J connectivity index is 0.00000117. The maximum absolute atomic E-state index is 13.6. The smallest absolute Gasteiger partial charge is 0.180 e. The summed E-state index contributed by atoms with van der Waals surface area (Å²) < 4.78 is 28.2. The standard InChI is InChI=1S/C18H15F2N7.C2H6/c1-10(14-4-2-11(19)6-22-14)25-17-13(21)7-24-18(26-17)15-8-23-16-5-3-12(20)9-27(15)16;1-2/h2-10H,21H2,1H3,(H,24,25,26);1-2H3.